The van der Waals surface area contributed by atoms with Gasteiger partial charge in [0.1, 0.15) is 5.75 Å². The molecule has 1 aromatic carbocycles. The molecule has 2 N–H and O–H groups in total. The number of aromatic nitrogens is 1. The lowest BCUT2D eigenvalue weighted by Crippen LogP contribution is -2.20. The molecule has 0 aliphatic rings. The normalized spacial score (nSPS) is 10.1. The molecule has 0 bridgehead atoms. The second kappa shape index (κ2) is 6.36. The van der Waals surface area contributed by atoms with Crippen LogP contribution in [-0.4, -0.2) is 28.6 Å². The summed E-state index contributed by atoms with van der Waals surface area (Å²) < 4.78 is 5.24. The molecule has 0 saturated carbocycles. The number of benzene rings is 1. The van der Waals surface area contributed by atoms with Crippen LogP contribution in [0.25, 0.3) is 0 Å². The molecule has 0 unspecified atom stereocenters. The van der Waals surface area contributed by atoms with Crippen molar-refractivity contribution < 1.29 is 19.4 Å². The van der Waals surface area contributed by atoms with Crippen molar-refractivity contribution in [2.24, 2.45) is 0 Å². The number of carboxylic acids is 1. The molecule has 0 aliphatic heterocycles. The predicted molar refractivity (Wildman–Crippen MR) is 74.7 cm³/mol. The zero-order valence-electron chi connectivity index (χ0n) is 10.00. The number of hydrogen-bond donors (Lipinski definition) is 2. The molecule has 20 heavy (non-hydrogen) atoms. The fraction of sp³-hybridized carbons (Fsp3) is 0.0833. The molecule has 1 aromatic heterocycles. The van der Waals surface area contributed by atoms with Crippen LogP contribution in [0.1, 0.15) is 10.5 Å². The van der Waals surface area contributed by atoms with Crippen LogP contribution < -0.4 is 10.1 Å². The van der Waals surface area contributed by atoms with Gasteiger partial charge < -0.3 is 9.84 Å². The molecule has 0 saturated heterocycles. The van der Waals surface area contributed by atoms with Crippen LogP contribution in [0.3, 0.4) is 0 Å². The van der Waals surface area contributed by atoms with E-state index in [4.69, 9.17) is 21.4 Å². The molecule has 104 valence electrons. The first-order valence-electron chi connectivity index (χ1n) is 5.41. The number of aromatic carboxylic acids is 1. The Kier molecular flexibility index (Phi) is 4.54. The number of carboxylic acid groups (broad SMARTS) is 1. The third-order valence-corrected chi connectivity index (χ3v) is 3.16. The second-order valence-corrected chi connectivity index (χ2v) is 4.93. The Morgan fingerprint density at radius 2 is 2.05 bits per heavy atom. The minimum atomic E-state index is -1.14. The minimum Gasteiger partial charge on any atom is -0.484 e. The summed E-state index contributed by atoms with van der Waals surface area (Å²) in [6.07, 6.45) is 0. The Balaban J connectivity index is 1.85. The van der Waals surface area contributed by atoms with E-state index < -0.39 is 11.9 Å². The third kappa shape index (κ3) is 3.94. The van der Waals surface area contributed by atoms with Crippen molar-refractivity contribution >= 4 is 39.9 Å². The lowest BCUT2D eigenvalue weighted by Gasteiger charge is -2.05. The Labute approximate surface area is 123 Å². The number of nitrogens with zero attached hydrogens (tertiary/aromatic N) is 1. The fourth-order valence-electron chi connectivity index (χ4n) is 1.26. The van der Waals surface area contributed by atoms with E-state index in [9.17, 15) is 9.59 Å². The standard InChI is InChI=1S/C12H9ClN2O4S/c13-7-1-3-8(4-2-7)19-5-10(16)15-12-14-9(6-20-12)11(17)18/h1-4,6H,5H2,(H,17,18)(H,14,15,16). The van der Waals surface area contributed by atoms with E-state index in [1.807, 2.05) is 0 Å². The van der Waals surface area contributed by atoms with Crippen molar-refractivity contribution in [1.82, 2.24) is 4.98 Å². The van der Waals surface area contributed by atoms with Crippen molar-refractivity contribution in [2.45, 2.75) is 0 Å². The highest BCUT2D eigenvalue weighted by molar-refractivity contribution is 7.14. The van der Waals surface area contributed by atoms with E-state index in [0.717, 1.165) is 11.3 Å². The zero-order chi connectivity index (χ0) is 14.5. The molecule has 2 rings (SSSR count). The first-order chi connectivity index (χ1) is 9.54. The molecule has 6 nitrogen and oxygen atoms in total. The summed E-state index contributed by atoms with van der Waals surface area (Å²) in [5.41, 5.74) is -0.107. The second-order valence-electron chi connectivity index (χ2n) is 3.63. The maximum Gasteiger partial charge on any atom is 0.355 e. The summed E-state index contributed by atoms with van der Waals surface area (Å²) in [5.74, 6) is -1.06. The average Bonchev–Trinajstić information content (AvgIpc) is 2.87. The van der Waals surface area contributed by atoms with Gasteiger partial charge in [-0.25, -0.2) is 9.78 Å². The van der Waals surface area contributed by atoms with Crippen LogP contribution in [0.2, 0.25) is 5.02 Å². The van der Waals surface area contributed by atoms with Crippen LogP contribution in [0.4, 0.5) is 5.13 Å². The lowest BCUT2D eigenvalue weighted by molar-refractivity contribution is -0.118. The van der Waals surface area contributed by atoms with Gasteiger partial charge in [0.25, 0.3) is 5.91 Å². The van der Waals surface area contributed by atoms with Crippen molar-refractivity contribution in [1.29, 1.82) is 0 Å². The van der Waals surface area contributed by atoms with Gasteiger partial charge in [0.15, 0.2) is 17.4 Å². The molecule has 0 radical (unpaired) electrons. The van der Waals surface area contributed by atoms with Gasteiger partial charge >= 0.3 is 5.97 Å². The number of carbonyl (C=O) groups is 2. The number of halogens is 1. The molecule has 1 heterocycles. The van der Waals surface area contributed by atoms with Gasteiger partial charge in [-0.3, -0.25) is 10.1 Å². The van der Waals surface area contributed by atoms with E-state index in [1.54, 1.807) is 24.3 Å². The summed E-state index contributed by atoms with van der Waals surface area (Å²) in [6, 6.07) is 6.58. The van der Waals surface area contributed by atoms with Crippen LogP contribution in [0, 0.1) is 0 Å². The summed E-state index contributed by atoms with van der Waals surface area (Å²) in [7, 11) is 0. The van der Waals surface area contributed by atoms with Crippen molar-refractivity contribution in [3.05, 3.63) is 40.4 Å². The van der Waals surface area contributed by atoms with Crippen LogP contribution >= 0.6 is 22.9 Å². The molecule has 0 fully saturated rings. The van der Waals surface area contributed by atoms with Crippen molar-refractivity contribution in [2.75, 3.05) is 11.9 Å². The Hall–Kier alpha value is -2.12. The van der Waals surface area contributed by atoms with E-state index >= 15 is 0 Å². The minimum absolute atomic E-state index is 0.107. The number of thiazole rings is 1. The molecule has 8 heteroatoms. The van der Waals surface area contributed by atoms with Gasteiger partial charge in [0.2, 0.25) is 0 Å². The Morgan fingerprint density at radius 3 is 2.65 bits per heavy atom. The Bertz CT molecular complexity index is 627. The van der Waals surface area contributed by atoms with Crippen molar-refractivity contribution in [3.63, 3.8) is 0 Å². The maximum atomic E-state index is 11.6. The molecular formula is C12H9ClN2O4S. The van der Waals surface area contributed by atoms with E-state index in [1.165, 1.54) is 5.38 Å². The first-order valence-corrected chi connectivity index (χ1v) is 6.67. The van der Waals surface area contributed by atoms with Crippen LogP contribution in [0.5, 0.6) is 5.75 Å². The summed E-state index contributed by atoms with van der Waals surface area (Å²) in [4.78, 5) is 26.0. The van der Waals surface area contributed by atoms with Crippen molar-refractivity contribution in [3.8, 4) is 5.75 Å². The smallest absolute Gasteiger partial charge is 0.355 e. The number of ether oxygens (including phenoxy) is 1. The Morgan fingerprint density at radius 1 is 1.35 bits per heavy atom. The number of anilines is 1. The molecule has 1 amide bonds. The first kappa shape index (κ1) is 14.3. The van der Waals surface area contributed by atoms with Crippen LogP contribution in [-0.2, 0) is 4.79 Å². The van der Waals surface area contributed by atoms with E-state index in [2.05, 4.69) is 10.3 Å². The average molecular weight is 313 g/mol. The van der Waals surface area contributed by atoms with Gasteiger partial charge in [-0.15, -0.1) is 11.3 Å². The molecule has 0 atom stereocenters. The van der Waals surface area contributed by atoms with Gasteiger partial charge in [0.05, 0.1) is 0 Å². The lowest BCUT2D eigenvalue weighted by atomic mass is 10.3. The summed E-state index contributed by atoms with van der Waals surface area (Å²) in [5, 5.41) is 13.3. The number of carbonyl (C=O) groups excluding carboxylic acids is 1. The number of nitrogens with one attached hydrogen (secondary N) is 1. The number of amides is 1. The van der Waals surface area contributed by atoms with Gasteiger partial charge in [-0.2, -0.15) is 0 Å². The van der Waals surface area contributed by atoms with Gasteiger partial charge in [0, 0.05) is 10.4 Å². The number of hydrogen-bond acceptors (Lipinski definition) is 5. The largest absolute Gasteiger partial charge is 0.484 e. The summed E-state index contributed by atoms with van der Waals surface area (Å²) >= 11 is 6.75. The quantitative estimate of drug-likeness (QED) is 0.885. The molecule has 0 spiro atoms. The monoisotopic (exact) mass is 312 g/mol. The van der Waals surface area contributed by atoms with Gasteiger partial charge in [-0.05, 0) is 24.3 Å². The fourth-order valence-corrected chi connectivity index (χ4v) is 2.09. The zero-order valence-corrected chi connectivity index (χ0v) is 11.6. The topological polar surface area (TPSA) is 88.5 Å². The van der Waals surface area contributed by atoms with Gasteiger partial charge in [-0.1, -0.05) is 11.6 Å². The van der Waals surface area contributed by atoms with E-state index in [0.29, 0.717) is 10.8 Å². The SMILES string of the molecule is O=C(COc1ccc(Cl)cc1)Nc1nc(C(=O)O)cs1. The molecule has 2 aromatic rings. The predicted octanol–water partition coefficient (Wildman–Crippen LogP) is 2.51. The van der Waals surface area contributed by atoms with Crippen LogP contribution in [0.15, 0.2) is 29.6 Å². The summed E-state index contributed by atoms with van der Waals surface area (Å²) in [6.45, 7) is -0.205. The molecular weight excluding hydrogens is 304 g/mol. The van der Waals surface area contributed by atoms with E-state index in [-0.39, 0.29) is 17.4 Å². The number of rotatable bonds is 5. The highest BCUT2D eigenvalue weighted by Gasteiger charge is 2.11. The highest BCUT2D eigenvalue weighted by atomic mass is 35.5. The molecule has 0 aliphatic carbocycles. The third-order valence-electron chi connectivity index (χ3n) is 2.15. The maximum absolute atomic E-state index is 11.6. The highest BCUT2D eigenvalue weighted by Crippen LogP contribution is 2.17.